The molecule has 89 valence electrons. The normalized spacial score (nSPS) is 11.8. The molecule has 0 saturated heterocycles. The standard InChI is InChI=1S/C16H17Si2/c1-18(2)16(13-14-9-5-3-6-10-14)17-15-11-7-4-8-12-15/h3-13H,1-2H3/b16-13-. The molecule has 0 aromatic heterocycles. The third-order valence-corrected chi connectivity index (χ3v) is 6.83. The van der Waals surface area contributed by atoms with Gasteiger partial charge in [-0.1, -0.05) is 89.8 Å². The molecule has 0 atom stereocenters. The van der Waals surface area contributed by atoms with E-state index < -0.39 is 8.80 Å². The molecule has 18 heavy (non-hydrogen) atoms. The van der Waals surface area contributed by atoms with E-state index in [1.54, 1.807) is 4.82 Å². The summed E-state index contributed by atoms with van der Waals surface area (Å²) in [5, 5.41) is 1.44. The van der Waals surface area contributed by atoms with Crippen LogP contribution in [0, 0.1) is 0 Å². The highest BCUT2D eigenvalue weighted by atomic mass is 28.3. The topological polar surface area (TPSA) is 0 Å². The van der Waals surface area contributed by atoms with E-state index in [1.165, 1.54) is 10.8 Å². The van der Waals surface area contributed by atoms with Crippen molar-refractivity contribution in [2.24, 2.45) is 0 Å². The van der Waals surface area contributed by atoms with Gasteiger partial charge in [-0.2, -0.15) is 0 Å². The second-order valence-electron chi connectivity index (χ2n) is 4.46. The summed E-state index contributed by atoms with van der Waals surface area (Å²) < 4.78 is 0. The van der Waals surface area contributed by atoms with E-state index in [-0.39, 0.29) is 0 Å². The van der Waals surface area contributed by atoms with E-state index in [0.717, 1.165) is 9.52 Å². The van der Waals surface area contributed by atoms with Crippen LogP contribution in [-0.2, 0) is 0 Å². The lowest BCUT2D eigenvalue weighted by molar-refractivity contribution is 1.66. The average molecular weight is 265 g/mol. The van der Waals surface area contributed by atoms with Crippen molar-refractivity contribution in [3.63, 3.8) is 0 Å². The fourth-order valence-electron chi connectivity index (χ4n) is 1.70. The van der Waals surface area contributed by atoms with E-state index >= 15 is 0 Å². The maximum atomic E-state index is 2.37. The smallest absolute Gasteiger partial charge is 0.0904 e. The van der Waals surface area contributed by atoms with Crippen molar-refractivity contribution in [3.8, 4) is 0 Å². The molecule has 0 unspecified atom stereocenters. The number of hydrogen-bond acceptors (Lipinski definition) is 0. The van der Waals surface area contributed by atoms with Gasteiger partial charge >= 0.3 is 0 Å². The van der Waals surface area contributed by atoms with Crippen LogP contribution in [0.4, 0.5) is 0 Å². The van der Waals surface area contributed by atoms with Crippen molar-refractivity contribution in [2.75, 3.05) is 0 Å². The maximum absolute atomic E-state index is 2.37. The van der Waals surface area contributed by atoms with Gasteiger partial charge < -0.3 is 0 Å². The van der Waals surface area contributed by atoms with Gasteiger partial charge in [0.05, 0.1) is 8.80 Å². The molecule has 0 heterocycles. The van der Waals surface area contributed by atoms with E-state index in [0.29, 0.717) is 0 Å². The second-order valence-corrected chi connectivity index (χ2v) is 8.86. The molecule has 0 spiro atoms. The zero-order valence-corrected chi connectivity index (χ0v) is 12.9. The summed E-state index contributed by atoms with van der Waals surface area (Å²) in [7, 11) is 0.413. The Hall–Kier alpha value is -1.39. The highest BCUT2D eigenvalue weighted by Crippen LogP contribution is 2.08. The van der Waals surface area contributed by atoms with Gasteiger partial charge in [-0.15, -0.1) is 0 Å². The number of hydrogen-bond donors (Lipinski definition) is 0. The fourth-order valence-corrected chi connectivity index (χ4v) is 4.50. The molecule has 0 aliphatic heterocycles. The average Bonchev–Trinajstić information content (AvgIpc) is 2.40. The molecule has 0 nitrogen and oxygen atoms in total. The van der Waals surface area contributed by atoms with Gasteiger partial charge in [0, 0.05) is 0 Å². The molecule has 2 heteroatoms. The first-order valence-electron chi connectivity index (χ1n) is 6.15. The van der Waals surface area contributed by atoms with Crippen LogP contribution in [-0.4, -0.2) is 18.3 Å². The van der Waals surface area contributed by atoms with Crippen LogP contribution in [0.25, 0.3) is 6.08 Å². The van der Waals surface area contributed by atoms with E-state index in [4.69, 9.17) is 0 Å². The van der Waals surface area contributed by atoms with Crippen molar-refractivity contribution >= 4 is 29.6 Å². The maximum Gasteiger partial charge on any atom is 0.110 e. The Balaban J connectivity index is 2.22. The van der Waals surface area contributed by atoms with Crippen LogP contribution in [0.3, 0.4) is 0 Å². The Morgan fingerprint density at radius 3 is 2.00 bits per heavy atom. The fraction of sp³-hybridized carbons (Fsp3) is 0.125. The molecule has 0 bridgehead atoms. The van der Waals surface area contributed by atoms with Gasteiger partial charge in [-0.25, -0.2) is 0 Å². The Bertz CT molecular complexity index is 501. The van der Waals surface area contributed by atoms with Crippen LogP contribution in [0.2, 0.25) is 13.1 Å². The molecule has 0 aliphatic carbocycles. The summed E-state index contributed by atoms with van der Waals surface area (Å²) in [5.74, 6) is 0. The minimum absolute atomic E-state index is 0.395. The monoisotopic (exact) mass is 265 g/mol. The highest BCUT2D eigenvalue weighted by Gasteiger charge is 2.07. The van der Waals surface area contributed by atoms with Crippen molar-refractivity contribution < 1.29 is 0 Å². The molecule has 0 N–H and O–H groups in total. The first-order valence-corrected chi connectivity index (χ1v) is 9.65. The molecule has 2 aromatic rings. The zero-order chi connectivity index (χ0) is 12.8. The summed E-state index contributed by atoms with van der Waals surface area (Å²) in [6.07, 6.45) is 2.37. The molecular weight excluding hydrogens is 248 g/mol. The minimum atomic E-state index is -0.395. The number of benzene rings is 2. The van der Waals surface area contributed by atoms with Crippen LogP contribution in [0.5, 0.6) is 0 Å². The van der Waals surface area contributed by atoms with Gasteiger partial charge in [0.2, 0.25) is 0 Å². The summed E-state index contributed by atoms with van der Waals surface area (Å²) in [6.45, 7) is 4.74. The lowest BCUT2D eigenvalue weighted by Gasteiger charge is -2.09. The van der Waals surface area contributed by atoms with E-state index in [2.05, 4.69) is 79.8 Å². The summed E-state index contributed by atoms with van der Waals surface area (Å²) >= 11 is 0. The van der Waals surface area contributed by atoms with Gasteiger partial charge in [-0.3, -0.25) is 0 Å². The lowest BCUT2D eigenvalue weighted by Crippen LogP contribution is -2.23. The third-order valence-electron chi connectivity index (χ3n) is 2.70. The van der Waals surface area contributed by atoms with Crippen molar-refractivity contribution in [2.45, 2.75) is 13.1 Å². The predicted molar refractivity (Wildman–Crippen MR) is 83.7 cm³/mol. The molecule has 2 aromatic carbocycles. The van der Waals surface area contributed by atoms with Crippen LogP contribution in [0.15, 0.2) is 65.5 Å². The highest BCUT2D eigenvalue weighted by molar-refractivity contribution is 6.85. The Morgan fingerprint density at radius 1 is 0.889 bits per heavy atom. The summed E-state index contributed by atoms with van der Waals surface area (Å²) in [5.41, 5.74) is 1.32. The van der Waals surface area contributed by atoms with Crippen LogP contribution < -0.4 is 5.19 Å². The SMILES string of the molecule is C[Si](C)/C(=C\c1ccccc1)[Si]c1ccccc1. The lowest BCUT2D eigenvalue weighted by atomic mass is 10.2. The molecule has 0 amide bonds. The van der Waals surface area contributed by atoms with Gasteiger partial charge in [0.15, 0.2) is 0 Å². The van der Waals surface area contributed by atoms with E-state index in [9.17, 15) is 0 Å². The largest absolute Gasteiger partial charge is 0.110 e. The number of rotatable bonds is 4. The van der Waals surface area contributed by atoms with Crippen LogP contribution >= 0.6 is 0 Å². The van der Waals surface area contributed by atoms with Crippen molar-refractivity contribution in [1.29, 1.82) is 0 Å². The molecule has 0 fully saturated rings. The summed E-state index contributed by atoms with van der Waals surface area (Å²) in [4.78, 5) is 1.61. The van der Waals surface area contributed by atoms with Crippen molar-refractivity contribution in [1.82, 2.24) is 0 Å². The minimum Gasteiger partial charge on any atom is -0.0904 e. The molecule has 0 saturated carbocycles. The Morgan fingerprint density at radius 2 is 1.44 bits per heavy atom. The van der Waals surface area contributed by atoms with E-state index in [1.807, 2.05) is 0 Å². The summed E-state index contributed by atoms with van der Waals surface area (Å²) in [6, 6.07) is 21.4. The zero-order valence-electron chi connectivity index (χ0n) is 10.9. The third kappa shape index (κ3) is 3.82. The molecular formula is C16H17Si2. The molecule has 0 aliphatic rings. The van der Waals surface area contributed by atoms with Gasteiger partial charge in [0.25, 0.3) is 0 Å². The second kappa shape index (κ2) is 6.52. The van der Waals surface area contributed by atoms with Crippen LogP contribution in [0.1, 0.15) is 5.56 Å². The molecule has 2 rings (SSSR count). The van der Waals surface area contributed by atoms with Gasteiger partial charge in [0.1, 0.15) is 9.52 Å². The Labute approximate surface area is 114 Å². The predicted octanol–water partition coefficient (Wildman–Crippen LogP) is 3.35. The first-order chi connectivity index (χ1) is 8.75. The quantitative estimate of drug-likeness (QED) is 0.744. The first kappa shape index (κ1) is 13.1. The Kier molecular flexibility index (Phi) is 4.73. The van der Waals surface area contributed by atoms with Crippen molar-refractivity contribution in [3.05, 3.63) is 71.0 Å². The van der Waals surface area contributed by atoms with Gasteiger partial charge in [-0.05, 0) is 5.56 Å². The molecule has 3 radical (unpaired) electrons.